The second-order valence-corrected chi connectivity index (χ2v) is 3.03. The van der Waals surface area contributed by atoms with E-state index in [-0.39, 0.29) is 24.9 Å². The molecule has 0 unspecified atom stereocenters. The Labute approximate surface area is 77.7 Å². The first-order chi connectivity index (χ1) is 5.93. The van der Waals surface area contributed by atoms with Gasteiger partial charge in [-0.3, -0.25) is 9.59 Å². The smallest absolute Gasteiger partial charge is 0.239 e. The summed E-state index contributed by atoms with van der Waals surface area (Å²) in [5.74, 6) is -0.425. The fourth-order valence-corrected chi connectivity index (χ4v) is 0.644. The highest BCUT2D eigenvalue weighted by molar-refractivity contribution is 5.83. The molecular weight excluding hydrogens is 172 g/mol. The largest absolute Gasteiger partial charge is 0.392 e. The molecule has 1 atom stereocenters. The van der Waals surface area contributed by atoms with Crippen molar-refractivity contribution in [3.8, 4) is 0 Å². The van der Waals surface area contributed by atoms with Crippen LogP contribution in [0.4, 0.5) is 0 Å². The van der Waals surface area contributed by atoms with Crippen LogP contribution in [0.3, 0.4) is 0 Å². The Hall–Kier alpha value is -1.10. The van der Waals surface area contributed by atoms with E-state index >= 15 is 0 Å². The maximum atomic E-state index is 11.0. The molecule has 0 aliphatic carbocycles. The van der Waals surface area contributed by atoms with Crippen molar-refractivity contribution in [3.63, 3.8) is 0 Å². The molecule has 5 nitrogen and oxygen atoms in total. The normalized spacial score (nSPS) is 12.0. The number of amides is 2. The van der Waals surface area contributed by atoms with Crippen LogP contribution in [0.2, 0.25) is 0 Å². The summed E-state index contributed by atoms with van der Waals surface area (Å²) in [4.78, 5) is 23.1. The van der Waals surface area contributed by atoms with Crippen LogP contribution in [0.15, 0.2) is 0 Å². The summed E-state index contributed by atoms with van der Waals surface area (Å²) in [6, 6.07) is 0. The SMILES string of the molecule is CC(=O)N(C)CC(=O)NC[C@@H](C)O. The Kier molecular flexibility index (Phi) is 5.06. The molecule has 5 heteroatoms. The van der Waals surface area contributed by atoms with Crippen molar-refractivity contribution in [1.29, 1.82) is 0 Å². The van der Waals surface area contributed by atoms with E-state index in [1.807, 2.05) is 0 Å². The Morgan fingerprint density at radius 1 is 1.54 bits per heavy atom. The Morgan fingerprint density at radius 2 is 2.08 bits per heavy atom. The Bertz CT molecular complexity index is 192. The van der Waals surface area contributed by atoms with Crippen LogP contribution < -0.4 is 5.32 Å². The molecule has 0 saturated heterocycles. The van der Waals surface area contributed by atoms with Gasteiger partial charge in [0.1, 0.15) is 0 Å². The van der Waals surface area contributed by atoms with Crippen molar-refractivity contribution in [2.75, 3.05) is 20.1 Å². The lowest BCUT2D eigenvalue weighted by molar-refractivity contribution is -0.133. The van der Waals surface area contributed by atoms with E-state index < -0.39 is 6.10 Å². The molecule has 0 aromatic heterocycles. The summed E-state index contributed by atoms with van der Waals surface area (Å²) in [5, 5.41) is 11.3. The number of carbonyl (C=O) groups excluding carboxylic acids is 2. The molecule has 0 aliphatic heterocycles. The van der Waals surface area contributed by atoms with Crippen molar-refractivity contribution in [3.05, 3.63) is 0 Å². The molecule has 0 radical (unpaired) electrons. The molecule has 13 heavy (non-hydrogen) atoms. The zero-order valence-corrected chi connectivity index (χ0v) is 8.20. The summed E-state index contributed by atoms with van der Waals surface area (Å²) in [6.45, 7) is 3.21. The van der Waals surface area contributed by atoms with Gasteiger partial charge in [-0.2, -0.15) is 0 Å². The first-order valence-corrected chi connectivity index (χ1v) is 4.10. The van der Waals surface area contributed by atoms with E-state index in [2.05, 4.69) is 5.32 Å². The highest BCUT2D eigenvalue weighted by atomic mass is 16.3. The van der Waals surface area contributed by atoms with E-state index in [1.165, 1.54) is 11.8 Å². The number of aliphatic hydroxyl groups excluding tert-OH is 1. The van der Waals surface area contributed by atoms with Crippen molar-refractivity contribution in [2.24, 2.45) is 0 Å². The molecule has 2 amide bonds. The average molecular weight is 188 g/mol. The highest BCUT2D eigenvalue weighted by Gasteiger charge is 2.08. The zero-order valence-electron chi connectivity index (χ0n) is 8.20. The van der Waals surface area contributed by atoms with Gasteiger partial charge in [0.2, 0.25) is 11.8 Å². The second kappa shape index (κ2) is 5.53. The molecule has 0 aromatic carbocycles. The minimum absolute atomic E-state index is 0.0298. The van der Waals surface area contributed by atoms with Crippen molar-refractivity contribution in [2.45, 2.75) is 20.0 Å². The predicted molar refractivity (Wildman–Crippen MR) is 48.0 cm³/mol. The van der Waals surface area contributed by atoms with Gasteiger partial charge >= 0.3 is 0 Å². The lowest BCUT2D eigenvalue weighted by Gasteiger charge is -2.14. The van der Waals surface area contributed by atoms with Gasteiger partial charge in [0.15, 0.2) is 0 Å². The number of hydrogen-bond donors (Lipinski definition) is 2. The topological polar surface area (TPSA) is 69.6 Å². The van der Waals surface area contributed by atoms with Crippen LogP contribution in [0.25, 0.3) is 0 Å². The van der Waals surface area contributed by atoms with Gasteiger partial charge in [0.25, 0.3) is 0 Å². The van der Waals surface area contributed by atoms with Gasteiger partial charge in [-0.15, -0.1) is 0 Å². The molecule has 0 aliphatic rings. The van der Waals surface area contributed by atoms with Gasteiger partial charge < -0.3 is 15.3 Å². The molecular formula is C8H16N2O3. The van der Waals surface area contributed by atoms with Crippen LogP contribution >= 0.6 is 0 Å². The minimum atomic E-state index is -0.563. The predicted octanol–water partition coefficient (Wildman–Crippen LogP) is -1.04. The fraction of sp³-hybridized carbons (Fsp3) is 0.750. The summed E-state index contributed by atoms with van der Waals surface area (Å²) >= 11 is 0. The van der Waals surface area contributed by atoms with E-state index in [4.69, 9.17) is 5.11 Å². The van der Waals surface area contributed by atoms with Crippen LogP contribution in [-0.2, 0) is 9.59 Å². The third-order valence-corrected chi connectivity index (χ3v) is 1.51. The lowest BCUT2D eigenvalue weighted by Crippen LogP contribution is -2.39. The van der Waals surface area contributed by atoms with Crippen LogP contribution in [0.5, 0.6) is 0 Å². The van der Waals surface area contributed by atoms with Crippen LogP contribution in [0.1, 0.15) is 13.8 Å². The maximum absolute atomic E-state index is 11.0. The molecule has 0 fully saturated rings. The molecule has 0 spiro atoms. The molecule has 0 aromatic rings. The van der Waals surface area contributed by atoms with Gasteiger partial charge in [-0.1, -0.05) is 0 Å². The van der Waals surface area contributed by atoms with E-state index in [0.717, 1.165) is 0 Å². The number of likely N-dealkylation sites (N-methyl/N-ethyl adjacent to an activating group) is 1. The maximum Gasteiger partial charge on any atom is 0.239 e. The summed E-state index contributed by atoms with van der Waals surface area (Å²) in [6.07, 6.45) is -0.563. The van der Waals surface area contributed by atoms with Gasteiger partial charge in [-0.05, 0) is 6.92 Å². The zero-order chi connectivity index (χ0) is 10.4. The number of nitrogens with one attached hydrogen (secondary N) is 1. The van der Waals surface area contributed by atoms with Gasteiger partial charge in [-0.25, -0.2) is 0 Å². The van der Waals surface area contributed by atoms with Crippen molar-refractivity contribution in [1.82, 2.24) is 10.2 Å². The minimum Gasteiger partial charge on any atom is -0.392 e. The molecule has 76 valence electrons. The highest BCUT2D eigenvalue weighted by Crippen LogP contribution is 1.83. The van der Waals surface area contributed by atoms with Crippen LogP contribution in [0, 0.1) is 0 Å². The van der Waals surface area contributed by atoms with E-state index in [9.17, 15) is 9.59 Å². The first-order valence-electron chi connectivity index (χ1n) is 4.10. The molecule has 2 N–H and O–H groups in total. The number of rotatable bonds is 4. The summed E-state index contributed by atoms with van der Waals surface area (Å²) in [7, 11) is 1.55. The number of aliphatic hydroxyl groups is 1. The monoisotopic (exact) mass is 188 g/mol. The van der Waals surface area contributed by atoms with Gasteiger partial charge in [0, 0.05) is 20.5 Å². The summed E-state index contributed by atoms with van der Waals surface area (Å²) < 4.78 is 0. The quantitative estimate of drug-likeness (QED) is 0.592. The number of hydrogen-bond acceptors (Lipinski definition) is 3. The standard InChI is InChI=1S/C8H16N2O3/c1-6(11)4-9-8(13)5-10(3)7(2)12/h6,11H,4-5H2,1-3H3,(H,9,13)/t6-/m1/s1. The molecule has 0 saturated carbocycles. The fourth-order valence-electron chi connectivity index (χ4n) is 0.644. The summed E-state index contributed by atoms with van der Waals surface area (Å²) in [5.41, 5.74) is 0. The molecule has 0 rings (SSSR count). The third kappa shape index (κ3) is 6.10. The third-order valence-electron chi connectivity index (χ3n) is 1.51. The number of nitrogens with zero attached hydrogens (tertiary/aromatic N) is 1. The Morgan fingerprint density at radius 3 is 2.46 bits per heavy atom. The first kappa shape index (κ1) is 11.9. The Balaban J connectivity index is 3.68. The van der Waals surface area contributed by atoms with Crippen LogP contribution in [-0.4, -0.2) is 48.1 Å². The number of carbonyl (C=O) groups is 2. The molecule has 0 bridgehead atoms. The van der Waals surface area contributed by atoms with Gasteiger partial charge in [0.05, 0.1) is 12.6 Å². The van der Waals surface area contributed by atoms with E-state index in [1.54, 1.807) is 14.0 Å². The molecule has 0 heterocycles. The second-order valence-electron chi connectivity index (χ2n) is 3.03. The lowest BCUT2D eigenvalue weighted by atomic mass is 10.4. The van der Waals surface area contributed by atoms with Crippen molar-refractivity contribution >= 4 is 11.8 Å². The van der Waals surface area contributed by atoms with E-state index in [0.29, 0.717) is 0 Å². The van der Waals surface area contributed by atoms with Crippen molar-refractivity contribution < 1.29 is 14.7 Å². The average Bonchev–Trinajstić information content (AvgIpc) is 2.00.